The average Bonchev–Trinajstić information content (AvgIpc) is 2.37. The van der Waals surface area contributed by atoms with Crippen LogP contribution in [-0.4, -0.2) is 23.2 Å². The Balaban J connectivity index is 2.23. The molecular formula is C17H24ClNO2. The molecule has 0 bridgehead atoms. The number of rotatable bonds is 6. The normalized spacial score (nSPS) is 19.4. The zero-order chi connectivity index (χ0) is 15.5. The fraction of sp³-hybridized carbons (Fsp3) is 0.588. The highest BCUT2D eigenvalue weighted by Gasteiger charge is 2.47. The first-order valence-corrected chi connectivity index (χ1v) is 8.03. The molecule has 1 aliphatic rings. The second-order valence-electron chi connectivity index (χ2n) is 6.29. The summed E-state index contributed by atoms with van der Waals surface area (Å²) < 4.78 is 0. The summed E-state index contributed by atoms with van der Waals surface area (Å²) in [5, 5.41) is 13.0. The fourth-order valence-electron chi connectivity index (χ4n) is 2.93. The van der Waals surface area contributed by atoms with Crippen molar-refractivity contribution in [2.75, 3.05) is 6.61 Å². The van der Waals surface area contributed by atoms with Crippen molar-refractivity contribution in [1.29, 1.82) is 0 Å². The molecule has 0 aliphatic heterocycles. The van der Waals surface area contributed by atoms with Crippen molar-refractivity contribution in [1.82, 2.24) is 5.32 Å². The Labute approximate surface area is 131 Å². The first-order valence-electron chi connectivity index (χ1n) is 7.65. The highest BCUT2D eigenvalue weighted by atomic mass is 35.5. The molecule has 4 heteroatoms. The number of carbonyl (C=O) groups is 1. The van der Waals surface area contributed by atoms with E-state index in [-0.39, 0.29) is 18.1 Å². The maximum atomic E-state index is 12.9. The second kappa shape index (κ2) is 6.37. The molecule has 1 atom stereocenters. The molecule has 116 valence electrons. The number of aliphatic hydroxyl groups excluding tert-OH is 1. The van der Waals surface area contributed by atoms with Crippen molar-refractivity contribution in [3.8, 4) is 0 Å². The maximum Gasteiger partial charge on any atom is 0.231 e. The molecule has 0 spiro atoms. The summed E-state index contributed by atoms with van der Waals surface area (Å²) in [7, 11) is 0. The Kier molecular flexibility index (Phi) is 4.95. The number of amides is 1. The molecular weight excluding hydrogens is 286 g/mol. The van der Waals surface area contributed by atoms with Crippen LogP contribution in [0.3, 0.4) is 0 Å². The summed E-state index contributed by atoms with van der Waals surface area (Å²) in [5.41, 5.74) is 0.199. The number of hydrogen-bond donors (Lipinski definition) is 2. The Morgan fingerprint density at radius 1 is 1.48 bits per heavy atom. The van der Waals surface area contributed by atoms with Crippen LogP contribution in [0.25, 0.3) is 0 Å². The standard InChI is InChI=1S/C17H24ClNO2/c1-3-16(2,10-11-20)19-15(21)17(8-5-9-17)13-6-4-7-14(18)12-13/h4,6-7,12,20H,3,5,8-11H2,1-2H3,(H,19,21). The SMILES string of the molecule is CCC(C)(CCO)NC(=O)C1(c2cccc(Cl)c2)CCC1. The van der Waals surface area contributed by atoms with Crippen LogP contribution in [0.4, 0.5) is 0 Å². The van der Waals surface area contributed by atoms with Crippen LogP contribution < -0.4 is 5.32 Å². The number of aliphatic hydroxyl groups is 1. The minimum atomic E-state index is -0.448. The van der Waals surface area contributed by atoms with E-state index in [1.807, 2.05) is 38.1 Å². The highest BCUT2D eigenvalue weighted by Crippen LogP contribution is 2.45. The van der Waals surface area contributed by atoms with E-state index in [2.05, 4.69) is 5.32 Å². The Bertz CT molecular complexity index is 513. The van der Waals surface area contributed by atoms with E-state index >= 15 is 0 Å². The average molecular weight is 310 g/mol. The zero-order valence-corrected chi connectivity index (χ0v) is 13.5. The Morgan fingerprint density at radius 3 is 2.67 bits per heavy atom. The van der Waals surface area contributed by atoms with Crippen molar-refractivity contribution < 1.29 is 9.90 Å². The van der Waals surface area contributed by atoms with Gasteiger partial charge in [-0.05, 0) is 50.3 Å². The van der Waals surface area contributed by atoms with Gasteiger partial charge in [0, 0.05) is 17.2 Å². The molecule has 1 aliphatic carbocycles. The predicted octanol–water partition coefficient (Wildman–Crippen LogP) is 3.43. The van der Waals surface area contributed by atoms with E-state index in [4.69, 9.17) is 11.6 Å². The van der Waals surface area contributed by atoms with Crippen LogP contribution >= 0.6 is 11.6 Å². The summed E-state index contributed by atoms with van der Waals surface area (Å²) in [6.45, 7) is 4.10. The van der Waals surface area contributed by atoms with Gasteiger partial charge in [0.25, 0.3) is 0 Å². The van der Waals surface area contributed by atoms with E-state index in [1.165, 1.54) is 0 Å². The molecule has 1 unspecified atom stereocenters. The van der Waals surface area contributed by atoms with Gasteiger partial charge in [-0.15, -0.1) is 0 Å². The fourth-order valence-corrected chi connectivity index (χ4v) is 3.12. The lowest BCUT2D eigenvalue weighted by Crippen LogP contribution is -2.56. The number of nitrogens with one attached hydrogen (secondary N) is 1. The predicted molar refractivity (Wildman–Crippen MR) is 85.5 cm³/mol. The van der Waals surface area contributed by atoms with E-state index in [0.717, 1.165) is 31.2 Å². The molecule has 1 fully saturated rings. The largest absolute Gasteiger partial charge is 0.396 e. The van der Waals surface area contributed by atoms with E-state index < -0.39 is 5.41 Å². The van der Waals surface area contributed by atoms with Crippen molar-refractivity contribution in [3.63, 3.8) is 0 Å². The van der Waals surface area contributed by atoms with E-state index in [0.29, 0.717) is 11.4 Å². The van der Waals surface area contributed by atoms with Gasteiger partial charge in [0.1, 0.15) is 0 Å². The van der Waals surface area contributed by atoms with Gasteiger partial charge >= 0.3 is 0 Å². The first-order chi connectivity index (χ1) is 9.96. The monoisotopic (exact) mass is 309 g/mol. The van der Waals surface area contributed by atoms with Crippen LogP contribution in [0.2, 0.25) is 5.02 Å². The molecule has 0 heterocycles. The zero-order valence-electron chi connectivity index (χ0n) is 12.8. The number of halogens is 1. The molecule has 0 aromatic heterocycles. The third-order valence-electron chi connectivity index (χ3n) is 4.88. The third-order valence-corrected chi connectivity index (χ3v) is 5.11. The molecule has 21 heavy (non-hydrogen) atoms. The van der Waals surface area contributed by atoms with Gasteiger partial charge in [0.2, 0.25) is 5.91 Å². The quantitative estimate of drug-likeness (QED) is 0.846. The van der Waals surface area contributed by atoms with Gasteiger partial charge in [-0.25, -0.2) is 0 Å². The van der Waals surface area contributed by atoms with E-state index in [1.54, 1.807) is 0 Å². The lowest BCUT2D eigenvalue weighted by molar-refractivity contribution is -0.132. The van der Waals surface area contributed by atoms with Crippen LogP contribution in [0.5, 0.6) is 0 Å². The van der Waals surface area contributed by atoms with Gasteiger partial charge in [-0.3, -0.25) is 4.79 Å². The van der Waals surface area contributed by atoms with Crippen LogP contribution in [0.15, 0.2) is 24.3 Å². The third kappa shape index (κ3) is 3.24. The lowest BCUT2D eigenvalue weighted by Gasteiger charge is -2.43. The summed E-state index contributed by atoms with van der Waals surface area (Å²) in [5.74, 6) is 0.0637. The van der Waals surface area contributed by atoms with Crippen LogP contribution in [0, 0.1) is 0 Å². The molecule has 0 saturated heterocycles. The van der Waals surface area contributed by atoms with Crippen molar-refractivity contribution in [2.45, 2.75) is 56.9 Å². The first kappa shape index (κ1) is 16.3. The number of benzene rings is 1. The van der Waals surface area contributed by atoms with Gasteiger partial charge in [0.05, 0.1) is 5.41 Å². The number of hydrogen-bond acceptors (Lipinski definition) is 2. The summed E-state index contributed by atoms with van der Waals surface area (Å²) in [6.07, 6.45) is 4.14. The molecule has 1 aromatic rings. The highest BCUT2D eigenvalue weighted by molar-refractivity contribution is 6.30. The summed E-state index contributed by atoms with van der Waals surface area (Å²) >= 11 is 6.08. The maximum absolute atomic E-state index is 12.9. The number of carbonyl (C=O) groups excluding carboxylic acids is 1. The Hall–Kier alpha value is -1.06. The van der Waals surface area contributed by atoms with Gasteiger partial charge in [-0.1, -0.05) is 37.1 Å². The van der Waals surface area contributed by atoms with Crippen LogP contribution in [0.1, 0.15) is 51.5 Å². The molecule has 3 nitrogen and oxygen atoms in total. The van der Waals surface area contributed by atoms with Crippen molar-refractivity contribution in [3.05, 3.63) is 34.9 Å². The molecule has 1 aromatic carbocycles. The molecule has 0 radical (unpaired) electrons. The van der Waals surface area contributed by atoms with Gasteiger partial charge < -0.3 is 10.4 Å². The molecule has 2 rings (SSSR count). The van der Waals surface area contributed by atoms with Crippen LogP contribution in [-0.2, 0) is 10.2 Å². The molecule has 2 N–H and O–H groups in total. The molecule has 1 amide bonds. The lowest BCUT2D eigenvalue weighted by atomic mass is 9.63. The van der Waals surface area contributed by atoms with E-state index in [9.17, 15) is 9.90 Å². The summed E-state index contributed by atoms with van der Waals surface area (Å²) in [4.78, 5) is 12.9. The Morgan fingerprint density at radius 2 is 2.19 bits per heavy atom. The second-order valence-corrected chi connectivity index (χ2v) is 6.72. The van der Waals surface area contributed by atoms with Crippen molar-refractivity contribution in [2.24, 2.45) is 0 Å². The summed E-state index contributed by atoms with van der Waals surface area (Å²) in [6, 6.07) is 7.62. The minimum absolute atomic E-state index is 0.0637. The topological polar surface area (TPSA) is 49.3 Å². The minimum Gasteiger partial charge on any atom is -0.396 e. The smallest absolute Gasteiger partial charge is 0.231 e. The van der Waals surface area contributed by atoms with Crippen molar-refractivity contribution >= 4 is 17.5 Å². The molecule has 1 saturated carbocycles. The van der Waals surface area contributed by atoms with Gasteiger partial charge in [0.15, 0.2) is 0 Å². The van der Waals surface area contributed by atoms with Gasteiger partial charge in [-0.2, -0.15) is 0 Å².